The SMILES string of the molecule is C/C=C/c1c(N)cc(Cl)nc1C(=O)OC. The van der Waals surface area contributed by atoms with E-state index in [1.54, 1.807) is 12.2 Å². The molecule has 0 saturated heterocycles. The first-order valence-corrected chi connectivity index (χ1v) is 4.65. The summed E-state index contributed by atoms with van der Waals surface area (Å²) in [6, 6.07) is 1.49. The molecule has 2 N–H and O–H groups in total. The lowest BCUT2D eigenvalue weighted by Crippen LogP contribution is -2.09. The molecule has 0 bridgehead atoms. The van der Waals surface area contributed by atoms with Crippen LogP contribution in [0.1, 0.15) is 23.0 Å². The summed E-state index contributed by atoms with van der Waals surface area (Å²) in [4.78, 5) is 15.3. The minimum Gasteiger partial charge on any atom is -0.464 e. The molecule has 0 atom stereocenters. The fourth-order valence-electron chi connectivity index (χ4n) is 1.14. The van der Waals surface area contributed by atoms with Gasteiger partial charge in [0.2, 0.25) is 0 Å². The summed E-state index contributed by atoms with van der Waals surface area (Å²) in [5.74, 6) is -0.558. The zero-order valence-electron chi connectivity index (χ0n) is 8.45. The first kappa shape index (κ1) is 11.5. The van der Waals surface area contributed by atoms with E-state index >= 15 is 0 Å². The second kappa shape index (κ2) is 4.79. The topological polar surface area (TPSA) is 65.2 Å². The fraction of sp³-hybridized carbons (Fsp3) is 0.200. The third-order valence-corrected chi connectivity index (χ3v) is 1.97. The molecular formula is C10H11ClN2O2. The molecule has 0 radical (unpaired) electrons. The maximum absolute atomic E-state index is 11.4. The lowest BCUT2D eigenvalue weighted by atomic mass is 10.1. The van der Waals surface area contributed by atoms with Crippen LogP contribution in [-0.4, -0.2) is 18.1 Å². The molecule has 0 saturated carbocycles. The molecule has 1 rings (SSSR count). The Morgan fingerprint density at radius 2 is 2.33 bits per heavy atom. The number of aromatic nitrogens is 1. The average molecular weight is 227 g/mol. The summed E-state index contributed by atoms with van der Waals surface area (Å²) in [7, 11) is 1.28. The van der Waals surface area contributed by atoms with Crippen LogP contribution in [-0.2, 0) is 4.74 Å². The van der Waals surface area contributed by atoms with Gasteiger partial charge < -0.3 is 10.5 Å². The summed E-state index contributed by atoms with van der Waals surface area (Å²) in [5, 5.41) is 0.168. The van der Waals surface area contributed by atoms with Crippen molar-refractivity contribution in [2.45, 2.75) is 6.92 Å². The Morgan fingerprint density at radius 1 is 1.67 bits per heavy atom. The van der Waals surface area contributed by atoms with E-state index in [9.17, 15) is 4.79 Å². The van der Waals surface area contributed by atoms with Crippen molar-refractivity contribution < 1.29 is 9.53 Å². The summed E-state index contributed by atoms with van der Waals surface area (Å²) in [5.41, 5.74) is 6.76. The highest BCUT2D eigenvalue weighted by Crippen LogP contribution is 2.21. The van der Waals surface area contributed by atoms with E-state index in [0.717, 1.165) is 0 Å². The Morgan fingerprint density at radius 3 is 2.87 bits per heavy atom. The quantitative estimate of drug-likeness (QED) is 0.620. The number of allylic oxidation sites excluding steroid dienone is 1. The van der Waals surface area contributed by atoms with Gasteiger partial charge in [-0.15, -0.1) is 0 Å². The predicted octanol–water partition coefficient (Wildman–Crippen LogP) is 2.14. The maximum atomic E-state index is 11.4. The summed E-state index contributed by atoms with van der Waals surface area (Å²) in [6.07, 6.45) is 3.44. The van der Waals surface area contributed by atoms with Crippen molar-refractivity contribution in [2.24, 2.45) is 0 Å². The van der Waals surface area contributed by atoms with Crippen LogP contribution in [0.4, 0.5) is 5.69 Å². The van der Waals surface area contributed by atoms with Crippen LogP contribution in [0.15, 0.2) is 12.1 Å². The molecule has 1 aromatic rings. The molecule has 4 nitrogen and oxygen atoms in total. The molecule has 0 aromatic carbocycles. The van der Waals surface area contributed by atoms with Crippen molar-refractivity contribution in [1.29, 1.82) is 0 Å². The average Bonchev–Trinajstić information content (AvgIpc) is 2.20. The molecule has 5 heteroatoms. The molecule has 0 amide bonds. The van der Waals surface area contributed by atoms with Gasteiger partial charge in [-0.3, -0.25) is 0 Å². The molecule has 80 valence electrons. The van der Waals surface area contributed by atoms with Crippen molar-refractivity contribution in [2.75, 3.05) is 12.8 Å². The zero-order chi connectivity index (χ0) is 11.4. The number of anilines is 1. The molecule has 1 aromatic heterocycles. The van der Waals surface area contributed by atoms with E-state index in [2.05, 4.69) is 9.72 Å². The number of nitrogens with zero attached hydrogens (tertiary/aromatic N) is 1. The normalized spacial score (nSPS) is 10.6. The highest BCUT2D eigenvalue weighted by Gasteiger charge is 2.15. The molecular weight excluding hydrogens is 216 g/mol. The number of hydrogen-bond donors (Lipinski definition) is 1. The minimum absolute atomic E-state index is 0.126. The van der Waals surface area contributed by atoms with E-state index in [-0.39, 0.29) is 10.8 Å². The van der Waals surface area contributed by atoms with Crippen molar-refractivity contribution in [3.63, 3.8) is 0 Å². The van der Waals surface area contributed by atoms with Crippen LogP contribution in [0.3, 0.4) is 0 Å². The van der Waals surface area contributed by atoms with Crippen molar-refractivity contribution in [1.82, 2.24) is 4.98 Å². The van der Waals surface area contributed by atoms with E-state index < -0.39 is 5.97 Å². The number of nitrogens with two attached hydrogens (primary N) is 1. The predicted molar refractivity (Wildman–Crippen MR) is 59.7 cm³/mol. The molecule has 15 heavy (non-hydrogen) atoms. The Bertz CT molecular complexity index is 416. The number of nitrogen functional groups attached to an aromatic ring is 1. The van der Waals surface area contributed by atoms with E-state index in [1.165, 1.54) is 13.2 Å². The summed E-state index contributed by atoms with van der Waals surface area (Å²) in [6.45, 7) is 1.81. The summed E-state index contributed by atoms with van der Waals surface area (Å²) >= 11 is 5.70. The number of methoxy groups -OCH3 is 1. The van der Waals surface area contributed by atoms with Gasteiger partial charge in [-0.2, -0.15) is 0 Å². The van der Waals surface area contributed by atoms with Crippen LogP contribution >= 0.6 is 11.6 Å². The van der Waals surface area contributed by atoms with Crippen LogP contribution < -0.4 is 5.73 Å². The summed E-state index contributed by atoms with van der Waals surface area (Å²) < 4.78 is 4.58. The molecule has 0 spiro atoms. The Hall–Kier alpha value is -1.55. The third-order valence-electron chi connectivity index (χ3n) is 1.77. The van der Waals surface area contributed by atoms with Gasteiger partial charge in [-0.05, 0) is 13.0 Å². The van der Waals surface area contributed by atoms with Gasteiger partial charge in [0.25, 0.3) is 0 Å². The molecule has 1 heterocycles. The van der Waals surface area contributed by atoms with Gasteiger partial charge >= 0.3 is 5.97 Å². The number of hydrogen-bond acceptors (Lipinski definition) is 4. The Labute approximate surface area is 92.7 Å². The van der Waals surface area contributed by atoms with Crippen molar-refractivity contribution in [3.05, 3.63) is 28.6 Å². The first-order valence-electron chi connectivity index (χ1n) is 4.27. The number of pyridine rings is 1. The number of ether oxygens (including phenoxy) is 1. The molecule has 0 fully saturated rings. The van der Waals surface area contributed by atoms with Crippen LogP contribution in [0, 0.1) is 0 Å². The standard InChI is InChI=1S/C10H11ClN2O2/c1-3-4-6-7(12)5-8(11)13-9(6)10(14)15-2/h3-5H,1-2H3,(H2,12,13)/b4-3+. The second-order valence-electron chi connectivity index (χ2n) is 2.79. The van der Waals surface area contributed by atoms with Crippen LogP contribution in [0.25, 0.3) is 6.08 Å². The van der Waals surface area contributed by atoms with Gasteiger partial charge in [-0.25, -0.2) is 9.78 Å². The lowest BCUT2D eigenvalue weighted by molar-refractivity contribution is 0.0594. The molecule has 0 aliphatic heterocycles. The van der Waals surface area contributed by atoms with Gasteiger partial charge in [-0.1, -0.05) is 23.8 Å². The van der Waals surface area contributed by atoms with Crippen LogP contribution in [0.2, 0.25) is 5.15 Å². The third kappa shape index (κ3) is 2.47. The number of carbonyl (C=O) groups excluding carboxylic acids is 1. The maximum Gasteiger partial charge on any atom is 0.357 e. The second-order valence-corrected chi connectivity index (χ2v) is 3.18. The van der Waals surface area contributed by atoms with E-state index in [0.29, 0.717) is 11.3 Å². The fourth-order valence-corrected chi connectivity index (χ4v) is 1.34. The van der Waals surface area contributed by atoms with Crippen LogP contribution in [0.5, 0.6) is 0 Å². The Balaban J connectivity index is 3.39. The number of rotatable bonds is 2. The van der Waals surface area contributed by atoms with Crippen molar-refractivity contribution >= 4 is 29.3 Å². The van der Waals surface area contributed by atoms with Gasteiger partial charge in [0.15, 0.2) is 5.69 Å². The zero-order valence-corrected chi connectivity index (χ0v) is 9.21. The van der Waals surface area contributed by atoms with Gasteiger partial charge in [0.1, 0.15) is 5.15 Å². The van der Waals surface area contributed by atoms with E-state index in [4.69, 9.17) is 17.3 Å². The number of halogens is 1. The minimum atomic E-state index is -0.558. The van der Waals surface area contributed by atoms with Gasteiger partial charge in [0.05, 0.1) is 7.11 Å². The monoisotopic (exact) mass is 226 g/mol. The van der Waals surface area contributed by atoms with Gasteiger partial charge in [0, 0.05) is 11.3 Å². The largest absolute Gasteiger partial charge is 0.464 e. The highest BCUT2D eigenvalue weighted by atomic mass is 35.5. The highest BCUT2D eigenvalue weighted by molar-refractivity contribution is 6.30. The molecule has 0 unspecified atom stereocenters. The van der Waals surface area contributed by atoms with E-state index in [1.807, 2.05) is 6.92 Å². The lowest BCUT2D eigenvalue weighted by Gasteiger charge is -2.06. The number of carbonyl (C=O) groups is 1. The van der Waals surface area contributed by atoms with Crippen molar-refractivity contribution in [3.8, 4) is 0 Å². The Kier molecular flexibility index (Phi) is 3.68. The number of esters is 1. The molecule has 0 aliphatic rings. The smallest absolute Gasteiger partial charge is 0.357 e. The molecule has 0 aliphatic carbocycles. The first-order chi connectivity index (χ1) is 7.10.